The zero-order valence-corrected chi connectivity index (χ0v) is 11.7. The number of ether oxygens (including phenoxy) is 1. The number of hydrogen-bond donors (Lipinski definition) is 1. The predicted molar refractivity (Wildman–Crippen MR) is 68.8 cm³/mol. The molecule has 0 amide bonds. The zero-order valence-electron chi connectivity index (χ0n) is 10.1. The quantitative estimate of drug-likeness (QED) is 0.930. The first-order chi connectivity index (χ1) is 8.22. The molecule has 0 aromatic carbocycles. The van der Waals surface area contributed by atoms with Gasteiger partial charge in [0.25, 0.3) is 0 Å². The third-order valence-electron chi connectivity index (χ3n) is 3.21. The number of aliphatic hydroxyl groups is 1. The maximum atomic E-state index is 10.3. The molecule has 2 unspecified atom stereocenters. The van der Waals surface area contributed by atoms with Crippen LogP contribution in [0.25, 0.3) is 0 Å². The average Bonchev–Trinajstić information content (AvgIpc) is 2.71. The SMILES string of the molecule is CCn1ncc(Br)c1C(O)CC1CCCCO1. The molecule has 0 radical (unpaired) electrons. The highest BCUT2D eigenvalue weighted by molar-refractivity contribution is 9.10. The van der Waals surface area contributed by atoms with Gasteiger partial charge in [-0.15, -0.1) is 0 Å². The molecule has 0 aliphatic carbocycles. The summed E-state index contributed by atoms with van der Waals surface area (Å²) in [5.41, 5.74) is 0.863. The van der Waals surface area contributed by atoms with Gasteiger partial charge in [0.05, 0.1) is 28.6 Å². The number of rotatable bonds is 4. The van der Waals surface area contributed by atoms with Crippen LogP contribution in [-0.4, -0.2) is 27.6 Å². The van der Waals surface area contributed by atoms with E-state index >= 15 is 0 Å². The standard InChI is InChI=1S/C12H19BrN2O2/c1-2-15-12(10(13)8-14-15)11(16)7-9-5-3-4-6-17-9/h8-9,11,16H,2-7H2,1H3. The summed E-state index contributed by atoms with van der Waals surface area (Å²) in [5.74, 6) is 0. The second-order valence-electron chi connectivity index (χ2n) is 4.43. The molecule has 5 heteroatoms. The minimum absolute atomic E-state index is 0.186. The highest BCUT2D eigenvalue weighted by Gasteiger charge is 2.23. The number of nitrogens with zero attached hydrogens (tertiary/aromatic N) is 2. The first kappa shape index (κ1) is 13.1. The molecule has 2 rings (SSSR count). The minimum atomic E-state index is -0.505. The molecule has 0 bridgehead atoms. The molecule has 1 aromatic rings. The maximum absolute atomic E-state index is 10.3. The maximum Gasteiger partial charge on any atom is 0.0992 e. The van der Waals surface area contributed by atoms with Crippen LogP contribution in [0.2, 0.25) is 0 Å². The third-order valence-corrected chi connectivity index (χ3v) is 3.82. The van der Waals surface area contributed by atoms with Crippen molar-refractivity contribution in [1.29, 1.82) is 0 Å². The highest BCUT2D eigenvalue weighted by Crippen LogP contribution is 2.29. The Labute approximate surface area is 110 Å². The Bertz CT molecular complexity index is 361. The van der Waals surface area contributed by atoms with Gasteiger partial charge in [0.1, 0.15) is 0 Å². The van der Waals surface area contributed by atoms with Crippen LogP contribution in [0.5, 0.6) is 0 Å². The van der Waals surface area contributed by atoms with E-state index in [2.05, 4.69) is 21.0 Å². The molecule has 0 saturated carbocycles. The van der Waals surface area contributed by atoms with Crippen molar-refractivity contribution in [3.63, 3.8) is 0 Å². The summed E-state index contributed by atoms with van der Waals surface area (Å²) in [4.78, 5) is 0. The smallest absolute Gasteiger partial charge is 0.0992 e. The molecule has 1 aromatic heterocycles. The van der Waals surface area contributed by atoms with Crippen molar-refractivity contribution < 1.29 is 9.84 Å². The van der Waals surface area contributed by atoms with Gasteiger partial charge < -0.3 is 9.84 Å². The van der Waals surface area contributed by atoms with E-state index in [0.717, 1.165) is 36.2 Å². The van der Waals surface area contributed by atoms with Crippen molar-refractivity contribution >= 4 is 15.9 Å². The summed E-state index contributed by atoms with van der Waals surface area (Å²) in [7, 11) is 0. The molecule has 4 nitrogen and oxygen atoms in total. The molecule has 2 heterocycles. The van der Waals surface area contributed by atoms with Crippen LogP contribution in [0.1, 0.15) is 44.4 Å². The normalized spacial score (nSPS) is 22.6. The van der Waals surface area contributed by atoms with Crippen LogP contribution < -0.4 is 0 Å². The lowest BCUT2D eigenvalue weighted by Gasteiger charge is -2.25. The minimum Gasteiger partial charge on any atom is -0.387 e. The van der Waals surface area contributed by atoms with Gasteiger partial charge in [-0.1, -0.05) is 0 Å². The van der Waals surface area contributed by atoms with Gasteiger partial charge in [0.2, 0.25) is 0 Å². The molecular weight excluding hydrogens is 284 g/mol. The van der Waals surface area contributed by atoms with Crippen LogP contribution in [0.15, 0.2) is 10.7 Å². The van der Waals surface area contributed by atoms with Crippen molar-refractivity contribution in [3.05, 3.63) is 16.4 Å². The van der Waals surface area contributed by atoms with E-state index in [1.54, 1.807) is 6.20 Å². The third kappa shape index (κ3) is 3.09. The van der Waals surface area contributed by atoms with Gasteiger partial charge in [-0.2, -0.15) is 5.10 Å². The molecule has 96 valence electrons. The lowest BCUT2D eigenvalue weighted by molar-refractivity contribution is -0.0172. The van der Waals surface area contributed by atoms with E-state index < -0.39 is 6.10 Å². The largest absolute Gasteiger partial charge is 0.387 e. The molecule has 0 spiro atoms. The monoisotopic (exact) mass is 302 g/mol. The molecule has 17 heavy (non-hydrogen) atoms. The summed E-state index contributed by atoms with van der Waals surface area (Å²) >= 11 is 3.44. The van der Waals surface area contributed by atoms with Gasteiger partial charge in [-0.25, -0.2) is 0 Å². The average molecular weight is 303 g/mol. The zero-order chi connectivity index (χ0) is 12.3. The van der Waals surface area contributed by atoms with Crippen molar-refractivity contribution in [2.45, 2.75) is 51.4 Å². The van der Waals surface area contributed by atoms with Crippen LogP contribution in [-0.2, 0) is 11.3 Å². The summed E-state index contributed by atoms with van der Waals surface area (Å²) in [6.07, 6.45) is 5.47. The van der Waals surface area contributed by atoms with Crippen molar-refractivity contribution in [1.82, 2.24) is 9.78 Å². The Balaban J connectivity index is 2.02. The number of aryl methyl sites for hydroxylation is 1. The van der Waals surface area contributed by atoms with E-state index in [-0.39, 0.29) is 6.10 Å². The lowest BCUT2D eigenvalue weighted by Crippen LogP contribution is -2.22. The van der Waals surface area contributed by atoms with Crippen LogP contribution in [0.3, 0.4) is 0 Å². The molecule has 1 saturated heterocycles. The summed E-state index contributed by atoms with van der Waals surface area (Å²) in [6.45, 7) is 3.61. The lowest BCUT2D eigenvalue weighted by atomic mass is 10.0. The molecule has 2 atom stereocenters. The number of aliphatic hydroxyl groups excluding tert-OH is 1. The van der Waals surface area contributed by atoms with E-state index in [4.69, 9.17) is 4.74 Å². The molecule has 1 fully saturated rings. The first-order valence-corrected chi connectivity index (χ1v) is 7.02. The number of halogens is 1. The predicted octanol–water partition coefficient (Wildman–Crippen LogP) is 2.66. The second-order valence-corrected chi connectivity index (χ2v) is 5.29. The Morgan fingerprint density at radius 2 is 2.47 bits per heavy atom. The van der Waals surface area contributed by atoms with Gasteiger partial charge in [-0.05, 0) is 42.1 Å². The Kier molecular flexibility index (Phi) is 4.59. The Hall–Kier alpha value is -0.390. The van der Waals surface area contributed by atoms with Gasteiger partial charge >= 0.3 is 0 Å². The Morgan fingerprint density at radius 1 is 1.65 bits per heavy atom. The van der Waals surface area contributed by atoms with Crippen LogP contribution in [0, 0.1) is 0 Å². The van der Waals surface area contributed by atoms with Crippen LogP contribution >= 0.6 is 15.9 Å². The molecular formula is C12H19BrN2O2. The first-order valence-electron chi connectivity index (χ1n) is 6.23. The highest BCUT2D eigenvalue weighted by atomic mass is 79.9. The fourth-order valence-electron chi connectivity index (χ4n) is 2.31. The second kappa shape index (κ2) is 5.98. The summed E-state index contributed by atoms with van der Waals surface area (Å²) in [5, 5.41) is 14.5. The Morgan fingerprint density at radius 3 is 3.12 bits per heavy atom. The van der Waals surface area contributed by atoms with E-state index in [9.17, 15) is 5.11 Å². The van der Waals surface area contributed by atoms with E-state index in [1.165, 1.54) is 6.42 Å². The van der Waals surface area contributed by atoms with Crippen molar-refractivity contribution in [2.75, 3.05) is 6.61 Å². The number of aromatic nitrogens is 2. The van der Waals surface area contributed by atoms with Gasteiger partial charge in [0.15, 0.2) is 0 Å². The van der Waals surface area contributed by atoms with Gasteiger partial charge in [0, 0.05) is 19.6 Å². The molecule has 1 N–H and O–H groups in total. The van der Waals surface area contributed by atoms with E-state index in [0.29, 0.717) is 6.42 Å². The van der Waals surface area contributed by atoms with Crippen molar-refractivity contribution in [3.8, 4) is 0 Å². The molecule has 1 aliphatic rings. The van der Waals surface area contributed by atoms with Crippen molar-refractivity contribution in [2.24, 2.45) is 0 Å². The summed E-state index contributed by atoms with van der Waals surface area (Å²) in [6, 6.07) is 0. The van der Waals surface area contributed by atoms with E-state index in [1.807, 2.05) is 11.6 Å². The van der Waals surface area contributed by atoms with Gasteiger partial charge in [-0.3, -0.25) is 4.68 Å². The fraction of sp³-hybridized carbons (Fsp3) is 0.750. The van der Waals surface area contributed by atoms with Crippen LogP contribution in [0.4, 0.5) is 0 Å². The molecule has 1 aliphatic heterocycles. The number of hydrogen-bond acceptors (Lipinski definition) is 3. The summed E-state index contributed by atoms with van der Waals surface area (Å²) < 4.78 is 8.36. The topological polar surface area (TPSA) is 47.3 Å². The fourth-order valence-corrected chi connectivity index (χ4v) is 2.87.